The molecule has 1 unspecified atom stereocenters. The minimum atomic E-state index is -1.03. The standard InChI is InChI=1S/C23H31NO5/c1-22(2,15-24-21(27)28)18-9-5-6-16(12-18)10-11-23(17-7-3-4-8-17)14-19(25)13-20(26)29-23/h5-6,9,12,17,24H,3-4,7-8,10-11,13-15H2,1-2H3,(H,27,28). The van der Waals surface area contributed by atoms with Crippen LogP contribution in [0.4, 0.5) is 4.79 Å². The number of amides is 1. The Labute approximate surface area is 172 Å². The summed E-state index contributed by atoms with van der Waals surface area (Å²) in [5.41, 5.74) is 1.15. The molecule has 0 aromatic heterocycles. The van der Waals surface area contributed by atoms with Gasteiger partial charge in [0.25, 0.3) is 0 Å². The van der Waals surface area contributed by atoms with E-state index in [0.29, 0.717) is 25.8 Å². The molecule has 1 saturated heterocycles. The fraction of sp³-hybridized carbons (Fsp3) is 0.609. The van der Waals surface area contributed by atoms with Crippen LogP contribution in [0.3, 0.4) is 0 Å². The van der Waals surface area contributed by atoms with Crippen molar-refractivity contribution < 1.29 is 24.2 Å². The zero-order valence-corrected chi connectivity index (χ0v) is 17.3. The van der Waals surface area contributed by atoms with E-state index in [9.17, 15) is 14.4 Å². The van der Waals surface area contributed by atoms with Gasteiger partial charge >= 0.3 is 12.1 Å². The number of nitrogens with one attached hydrogen (secondary N) is 1. The molecular weight excluding hydrogens is 370 g/mol. The van der Waals surface area contributed by atoms with Crippen LogP contribution in [0.1, 0.15) is 69.9 Å². The van der Waals surface area contributed by atoms with Crippen LogP contribution < -0.4 is 5.32 Å². The molecule has 1 aliphatic heterocycles. The molecule has 1 heterocycles. The number of rotatable bonds is 7. The molecule has 1 atom stereocenters. The molecule has 29 heavy (non-hydrogen) atoms. The number of carbonyl (C=O) groups excluding carboxylic acids is 2. The van der Waals surface area contributed by atoms with Crippen molar-refractivity contribution in [3.05, 3.63) is 35.4 Å². The number of ketones is 1. The van der Waals surface area contributed by atoms with Crippen LogP contribution in [0.5, 0.6) is 0 Å². The van der Waals surface area contributed by atoms with Crippen LogP contribution in [0.25, 0.3) is 0 Å². The van der Waals surface area contributed by atoms with Gasteiger partial charge in [-0.2, -0.15) is 0 Å². The lowest BCUT2D eigenvalue weighted by atomic mass is 9.75. The second-order valence-electron chi connectivity index (χ2n) is 9.16. The third-order valence-corrected chi connectivity index (χ3v) is 6.48. The molecule has 1 saturated carbocycles. The van der Waals surface area contributed by atoms with Gasteiger partial charge in [0, 0.05) is 18.4 Å². The summed E-state index contributed by atoms with van der Waals surface area (Å²) in [6, 6.07) is 8.12. The quantitative estimate of drug-likeness (QED) is 0.532. The van der Waals surface area contributed by atoms with E-state index in [2.05, 4.69) is 11.4 Å². The minimum absolute atomic E-state index is 0.0113. The molecule has 1 aliphatic carbocycles. The highest BCUT2D eigenvalue weighted by Gasteiger charge is 2.47. The summed E-state index contributed by atoms with van der Waals surface area (Å²) in [7, 11) is 0. The summed E-state index contributed by atoms with van der Waals surface area (Å²) in [5, 5.41) is 11.4. The normalized spacial score (nSPS) is 23.1. The van der Waals surface area contributed by atoms with Crippen LogP contribution in [0, 0.1) is 5.92 Å². The number of benzene rings is 1. The van der Waals surface area contributed by atoms with E-state index in [-0.39, 0.29) is 29.5 Å². The first-order chi connectivity index (χ1) is 13.7. The van der Waals surface area contributed by atoms with Gasteiger partial charge in [0.05, 0.1) is 0 Å². The molecule has 3 rings (SSSR count). The Balaban J connectivity index is 1.75. The largest absolute Gasteiger partial charge is 0.465 e. The summed E-state index contributed by atoms with van der Waals surface area (Å²) in [4.78, 5) is 35.1. The first-order valence-corrected chi connectivity index (χ1v) is 10.5. The predicted octanol–water partition coefficient (Wildman–Crippen LogP) is 4.00. The monoisotopic (exact) mass is 401 g/mol. The Kier molecular flexibility index (Phi) is 6.30. The number of hydrogen-bond acceptors (Lipinski definition) is 4. The molecule has 1 aromatic rings. The average Bonchev–Trinajstić information content (AvgIpc) is 3.20. The van der Waals surface area contributed by atoms with Gasteiger partial charge in [-0.3, -0.25) is 9.59 Å². The Morgan fingerprint density at radius 1 is 1.28 bits per heavy atom. The van der Waals surface area contributed by atoms with Crippen molar-refractivity contribution in [2.75, 3.05) is 6.54 Å². The summed E-state index contributed by atoms with van der Waals surface area (Å²) in [6.07, 6.45) is 4.82. The summed E-state index contributed by atoms with van der Waals surface area (Å²) in [5.74, 6) is -0.138. The zero-order valence-electron chi connectivity index (χ0n) is 17.3. The van der Waals surface area contributed by atoms with Gasteiger partial charge in [0.15, 0.2) is 0 Å². The maximum Gasteiger partial charge on any atom is 0.404 e. The molecule has 0 radical (unpaired) electrons. The van der Waals surface area contributed by atoms with E-state index in [4.69, 9.17) is 9.84 Å². The van der Waals surface area contributed by atoms with Crippen LogP contribution in [0.15, 0.2) is 24.3 Å². The van der Waals surface area contributed by atoms with Crippen LogP contribution >= 0.6 is 0 Å². The lowest BCUT2D eigenvalue weighted by Gasteiger charge is -2.41. The lowest BCUT2D eigenvalue weighted by molar-refractivity contribution is -0.178. The van der Waals surface area contributed by atoms with Crippen molar-refractivity contribution in [2.24, 2.45) is 5.92 Å². The van der Waals surface area contributed by atoms with Gasteiger partial charge in [0.1, 0.15) is 17.8 Å². The molecule has 0 spiro atoms. The van der Waals surface area contributed by atoms with E-state index >= 15 is 0 Å². The average molecular weight is 402 g/mol. The molecule has 2 fully saturated rings. The van der Waals surface area contributed by atoms with Gasteiger partial charge in [-0.25, -0.2) is 4.79 Å². The van der Waals surface area contributed by atoms with E-state index < -0.39 is 11.7 Å². The second kappa shape index (κ2) is 8.56. The zero-order chi connectivity index (χ0) is 21.1. The topological polar surface area (TPSA) is 92.7 Å². The highest BCUT2D eigenvalue weighted by atomic mass is 16.6. The van der Waals surface area contributed by atoms with Gasteiger partial charge in [-0.15, -0.1) is 0 Å². The Morgan fingerprint density at radius 2 is 2.00 bits per heavy atom. The number of hydrogen-bond donors (Lipinski definition) is 2. The maximum absolute atomic E-state index is 12.2. The molecule has 1 aromatic carbocycles. The molecule has 6 heteroatoms. The number of Topliss-reactive ketones (excluding diaryl/α,β-unsaturated/α-hetero) is 1. The first-order valence-electron chi connectivity index (χ1n) is 10.5. The Hall–Kier alpha value is -2.37. The number of ether oxygens (including phenoxy) is 1. The molecule has 2 N–H and O–H groups in total. The molecular formula is C23H31NO5. The first kappa shape index (κ1) is 21.3. The molecule has 0 bridgehead atoms. The van der Waals surface area contributed by atoms with Crippen molar-refractivity contribution in [1.82, 2.24) is 5.32 Å². The van der Waals surface area contributed by atoms with E-state index in [1.807, 2.05) is 32.0 Å². The van der Waals surface area contributed by atoms with E-state index in [1.54, 1.807) is 0 Å². The second-order valence-corrected chi connectivity index (χ2v) is 9.16. The van der Waals surface area contributed by atoms with Crippen molar-refractivity contribution >= 4 is 17.8 Å². The third-order valence-electron chi connectivity index (χ3n) is 6.48. The smallest absolute Gasteiger partial charge is 0.404 e. The van der Waals surface area contributed by atoms with Gasteiger partial charge < -0.3 is 15.2 Å². The van der Waals surface area contributed by atoms with Gasteiger partial charge in [-0.1, -0.05) is 51.0 Å². The highest BCUT2D eigenvalue weighted by molar-refractivity contribution is 5.98. The third kappa shape index (κ3) is 5.17. The number of aryl methyl sites for hydroxylation is 1. The summed E-state index contributed by atoms with van der Waals surface area (Å²) >= 11 is 0. The van der Waals surface area contributed by atoms with Crippen molar-refractivity contribution in [1.29, 1.82) is 0 Å². The molecule has 6 nitrogen and oxygen atoms in total. The number of carbonyl (C=O) groups is 3. The van der Waals surface area contributed by atoms with Gasteiger partial charge in [0.2, 0.25) is 0 Å². The highest BCUT2D eigenvalue weighted by Crippen LogP contribution is 2.44. The number of carboxylic acid groups (broad SMARTS) is 1. The number of esters is 1. The minimum Gasteiger partial charge on any atom is -0.465 e. The molecule has 1 amide bonds. The number of cyclic esters (lactones) is 1. The Bertz CT molecular complexity index is 763. The molecule has 2 aliphatic rings. The van der Waals surface area contributed by atoms with Crippen LogP contribution in [-0.4, -0.2) is 35.1 Å². The van der Waals surface area contributed by atoms with Crippen LogP contribution in [-0.2, 0) is 26.2 Å². The van der Waals surface area contributed by atoms with Gasteiger partial charge in [-0.05, 0) is 42.7 Å². The molecule has 158 valence electrons. The summed E-state index contributed by atoms with van der Waals surface area (Å²) in [6.45, 7) is 4.33. The fourth-order valence-electron chi connectivity index (χ4n) is 4.78. The summed E-state index contributed by atoms with van der Waals surface area (Å²) < 4.78 is 5.88. The SMILES string of the molecule is CC(C)(CNC(=O)O)c1cccc(CCC2(C3CCCC3)CC(=O)CC(=O)O2)c1. The lowest BCUT2D eigenvalue weighted by Crippen LogP contribution is -2.48. The van der Waals surface area contributed by atoms with Crippen LogP contribution in [0.2, 0.25) is 0 Å². The van der Waals surface area contributed by atoms with E-state index in [0.717, 1.165) is 36.8 Å². The van der Waals surface area contributed by atoms with Crippen molar-refractivity contribution in [2.45, 2.75) is 76.2 Å². The van der Waals surface area contributed by atoms with Crippen molar-refractivity contribution in [3.63, 3.8) is 0 Å². The van der Waals surface area contributed by atoms with E-state index in [1.165, 1.54) is 0 Å². The fourth-order valence-corrected chi connectivity index (χ4v) is 4.78. The maximum atomic E-state index is 12.2. The van der Waals surface area contributed by atoms with Crippen molar-refractivity contribution in [3.8, 4) is 0 Å². The Morgan fingerprint density at radius 3 is 2.66 bits per heavy atom. The predicted molar refractivity (Wildman–Crippen MR) is 109 cm³/mol.